The van der Waals surface area contributed by atoms with Crippen LogP contribution in [0, 0.1) is 0 Å². The number of carbonyl (C=O) groups is 1. The number of sulfone groups is 1. The fourth-order valence-electron chi connectivity index (χ4n) is 4.09. The van der Waals surface area contributed by atoms with E-state index in [1.54, 1.807) is 12.1 Å². The van der Waals surface area contributed by atoms with Crippen LogP contribution in [0.2, 0.25) is 0 Å². The Kier molecular flexibility index (Phi) is 6.53. The molecule has 0 saturated heterocycles. The maximum atomic E-state index is 13.5. The lowest BCUT2D eigenvalue weighted by molar-refractivity contribution is -0.117. The second-order valence-corrected chi connectivity index (χ2v) is 9.79. The molecule has 1 aliphatic heterocycles. The van der Waals surface area contributed by atoms with Gasteiger partial charge in [-0.1, -0.05) is 37.3 Å². The van der Waals surface area contributed by atoms with Crippen LogP contribution in [0.25, 0.3) is 0 Å². The molecule has 1 heterocycles. The van der Waals surface area contributed by atoms with Crippen molar-refractivity contribution in [2.24, 2.45) is 0 Å². The zero-order valence-corrected chi connectivity index (χ0v) is 18.7. The van der Waals surface area contributed by atoms with Gasteiger partial charge in [0.05, 0.1) is 30.9 Å². The maximum absolute atomic E-state index is 13.5. The SMILES string of the molecule is CC[C@]1(CCC(C)=O)CS(=O)(=O)c2cc(OC)c(OC)cc2[C@H](c2ccccc2)N1. The highest BCUT2D eigenvalue weighted by Gasteiger charge is 2.42. The first-order chi connectivity index (χ1) is 14.2. The molecule has 2 atom stereocenters. The summed E-state index contributed by atoms with van der Waals surface area (Å²) in [4.78, 5) is 12.0. The molecule has 0 bridgehead atoms. The molecule has 0 fully saturated rings. The Balaban J connectivity index is 2.26. The largest absolute Gasteiger partial charge is 0.493 e. The Morgan fingerprint density at radius 2 is 1.77 bits per heavy atom. The Hall–Kier alpha value is -2.38. The van der Waals surface area contributed by atoms with Gasteiger partial charge < -0.3 is 14.3 Å². The quantitative estimate of drug-likeness (QED) is 0.720. The molecule has 162 valence electrons. The second kappa shape index (κ2) is 8.78. The minimum absolute atomic E-state index is 0.0448. The van der Waals surface area contributed by atoms with E-state index in [4.69, 9.17) is 9.47 Å². The zero-order valence-electron chi connectivity index (χ0n) is 17.9. The molecule has 0 spiro atoms. The van der Waals surface area contributed by atoms with Gasteiger partial charge in [0.1, 0.15) is 5.78 Å². The van der Waals surface area contributed by atoms with Crippen molar-refractivity contribution in [2.45, 2.75) is 49.6 Å². The Morgan fingerprint density at radius 1 is 1.13 bits per heavy atom. The van der Waals surface area contributed by atoms with Crippen LogP contribution < -0.4 is 14.8 Å². The van der Waals surface area contributed by atoms with Gasteiger partial charge in [-0.15, -0.1) is 0 Å². The third-order valence-electron chi connectivity index (χ3n) is 5.84. The minimum atomic E-state index is -3.65. The lowest BCUT2D eigenvalue weighted by atomic mass is 9.88. The average Bonchev–Trinajstić information content (AvgIpc) is 2.84. The van der Waals surface area contributed by atoms with Crippen LogP contribution >= 0.6 is 0 Å². The lowest BCUT2D eigenvalue weighted by Crippen LogP contribution is -2.50. The lowest BCUT2D eigenvalue weighted by Gasteiger charge is -2.35. The summed E-state index contributed by atoms with van der Waals surface area (Å²) in [5.41, 5.74) is 0.838. The predicted molar refractivity (Wildman–Crippen MR) is 116 cm³/mol. The van der Waals surface area contributed by atoms with Gasteiger partial charge in [-0.05, 0) is 37.0 Å². The third kappa shape index (κ3) is 4.37. The van der Waals surface area contributed by atoms with Crippen molar-refractivity contribution in [3.63, 3.8) is 0 Å². The first kappa shape index (κ1) is 22.3. The molecule has 0 unspecified atom stereocenters. The molecular weight excluding hydrogens is 402 g/mol. The van der Waals surface area contributed by atoms with Gasteiger partial charge >= 0.3 is 0 Å². The predicted octanol–water partition coefficient (Wildman–Crippen LogP) is 3.69. The fraction of sp³-hybridized carbons (Fsp3) is 0.435. The molecule has 1 N–H and O–H groups in total. The molecule has 6 nitrogen and oxygen atoms in total. The van der Waals surface area contributed by atoms with Gasteiger partial charge in [0, 0.05) is 18.0 Å². The van der Waals surface area contributed by atoms with E-state index in [1.807, 2.05) is 37.3 Å². The summed E-state index contributed by atoms with van der Waals surface area (Å²) < 4.78 is 37.9. The highest BCUT2D eigenvalue weighted by Crippen LogP contribution is 2.42. The Morgan fingerprint density at radius 3 is 2.33 bits per heavy atom. The Labute approximate surface area is 178 Å². The number of methoxy groups -OCH3 is 2. The molecule has 0 saturated carbocycles. The average molecular weight is 432 g/mol. The summed E-state index contributed by atoms with van der Waals surface area (Å²) in [6, 6.07) is 12.7. The molecule has 2 aromatic carbocycles. The normalized spacial score (nSPS) is 22.6. The zero-order chi connectivity index (χ0) is 21.9. The van der Waals surface area contributed by atoms with Crippen LogP contribution in [0.5, 0.6) is 11.5 Å². The molecule has 0 aliphatic carbocycles. The fourth-order valence-corrected chi connectivity index (χ4v) is 6.22. The summed E-state index contributed by atoms with van der Waals surface area (Å²) in [7, 11) is -0.633. The van der Waals surface area contributed by atoms with Gasteiger partial charge in [0.2, 0.25) is 0 Å². The van der Waals surface area contributed by atoms with Crippen LogP contribution in [0.1, 0.15) is 50.3 Å². The van der Waals surface area contributed by atoms with Gasteiger partial charge in [0.15, 0.2) is 21.3 Å². The number of nitrogens with one attached hydrogen (secondary N) is 1. The van der Waals surface area contributed by atoms with Gasteiger partial charge in [0.25, 0.3) is 0 Å². The second-order valence-electron chi connectivity index (χ2n) is 7.83. The van der Waals surface area contributed by atoms with Gasteiger partial charge in [-0.3, -0.25) is 5.32 Å². The van der Waals surface area contributed by atoms with E-state index in [-0.39, 0.29) is 22.5 Å². The van der Waals surface area contributed by atoms with Crippen LogP contribution in [0.4, 0.5) is 0 Å². The number of ether oxygens (including phenoxy) is 2. The molecule has 0 radical (unpaired) electrons. The van der Waals surface area contributed by atoms with Gasteiger partial charge in [-0.2, -0.15) is 0 Å². The van der Waals surface area contributed by atoms with Crippen molar-refractivity contribution in [2.75, 3.05) is 20.0 Å². The topological polar surface area (TPSA) is 81.7 Å². The van der Waals surface area contributed by atoms with Crippen molar-refractivity contribution in [3.05, 3.63) is 53.6 Å². The number of benzene rings is 2. The van der Waals surface area contributed by atoms with E-state index in [2.05, 4.69) is 5.32 Å². The highest BCUT2D eigenvalue weighted by atomic mass is 32.2. The molecule has 3 rings (SSSR count). The number of Topliss-reactive ketones (excluding diaryl/α,β-unsaturated/α-hetero) is 1. The van der Waals surface area contributed by atoms with Crippen LogP contribution in [-0.4, -0.2) is 39.7 Å². The van der Waals surface area contributed by atoms with Crippen molar-refractivity contribution < 1.29 is 22.7 Å². The van der Waals surface area contributed by atoms with Crippen molar-refractivity contribution in [3.8, 4) is 11.5 Å². The molecule has 0 amide bonds. The molecule has 0 aromatic heterocycles. The Bertz CT molecular complexity index is 1020. The monoisotopic (exact) mass is 431 g/mol. The van der Waals surface area contributed by atoms with Gasteiger partial charge in [-0.25, -0.2) is 8.42 Å². The van der Waals surface area contributed by atoms with E-state index in [9.17, 15) is 13.2 Å². The summed E-state index contributed by atoms with van der Waals surface area (Å²) in [6.07, 6.45) is 1.34. The van der Waals surface area contributed by atoms with E-state index in [0.717, 1.165) is 5.56 Å². The van der Waals surface area contributed by atoms with Crippen molar-refractivity contribution >= 4 is 15.6 Å². The smallest absolute Gasteiger partial charge is 0.180 e. The molecule has 7 heteroatoms. The number of ketones is 1. The van der Waals surface area contributed by atoms with E-state index in [1.165, 1.54) is 21.1 Å². The molecule has 1 aliphatic rings. The number of hydrogen-bond donors (Lipinski definition) is 1. The standard InChI is InChI=1S/C23H29NO5S/c1-5-23(12-11-16(2)25)15-30(26,27)21-14-20(29-4)19(28-3)13-18(21)22(24-23)17-9-7-6-8-10-17/h6-10,13-14,22,24H,5,11-12,15H2,1-4H3/t22-,23-/m0/s1. The van der Waals surface area contributed by atoms with E-state index < -0.39 is 15.4 Å². The summed E-state index contributed by atoms with van der Waals surface area (Å²) in [5, 5.41) is 3.62. The number of fused-ring (bicyclic) bond motifs is 1. The summed E-state index contributed by atoms with van der Waals surface area (Å²) in [6.45, 7) is 3.50. The number of hydrogen-bond acceptors (Lipinski definition) is 6. The first-order valence-corrected chi connectivity index (χ1v) is 11.7. The summed E-state index contributed by atoms with van der Waals surface area (Å²) >= 11 is 0. The number of rotatable bonds is 7. The third-order valence-corrected chi connectivity index (χ3v) is 7.80. The van der Waals surface area contributed by atoms with Crippen LogP contribution in [0.3, 0.4) is 0 Å². The van der Waals surface area contributed by atoms with Crippen LogP contribution in [-0.2, 0) is 14.6 Å². The van der Waals surface area contributed by atoms with Crippen LogP contribution in [0.15, 0.2) is 47.4 Å². The maximum Gasteiger partial charge on any atom is 0.180 e. The molecule has 2 aromatic rings. The van der Waals surface area contributed by atoms with E-state index >= 15 is 0 Å². The first-order valence-electron chi connectivity index (χ1n) is 10.1. The van der Waals surface area contributed by atoms with E-state index in [0.29, 0.717) is 36.3 Å². The number of carbonyl (C=O) groups excluding carboxylic acids is 1. The van der Waals surface area contributed by atoms with Crippen molar-refractivity contribution in [1.82, 2.24) is 5.32 Å². The summed E-state index contributed by atoms with van der Waals surface area (Å²) in [5.74, 6) is 0.806. The van der Waals surface area contributed by atoms with Crippen molar-refractivity contribution in [1.29, 1.82) is 0 Å². The minimum Gasteiger partial charge on any atom is -0.493 e. The molecule has 30 heavy (non-hydrogen) atoms. The highest BCUT2D eigenvalue weighted by molar-refractivity contribution is 7.91. The molecular formula is C23H29NO5S.